The normalized spacial score (nSPS) is 12.4. The van der Waals surface area contributed by atoms with Gasteiger partial charge in [-0.1, -0.05) is 22.8 Å². The van der Waals surface area contributed by atoms with E-state index in [1.165, 1.54) is 30.5 Å². The number of rotatable bonds is 6. The van der Waals surface area contributed by atoms with Gasteiger partial charge >= 0.3 is 6.01 Å². The molecule has 1 aromatic heterocycles. The van der Waals surface area contributed by atoms with Gasteiger partial charge in [-0.15, -0.1) is 5.10 Å². The molecule has 0 saturated heterocycles. The van der Waals surface area contributed by atoms with Gasteiger partial charge in [0.1, 0.15) is 11.6 Å². The quantitative estimate of drug-likeness (QED) is 0.619. The lowest BCUT2D eigenvalue weighted by Gasteiger charge is -2.06. The fourth-order valence-electron chi connectivity index (χ4n) is 2.19. The van der Waals surface area contributed by atoms with Crippen molar-refractivity contribution in [3.05, 3.63) is 65.7 Å². The van der Waals surface area contributed by atoms with E-state index in [0.29, 0.717) is 23.0 Å². The Morgan fingerprint density at radius 1 is 1.15 bits per heavy atom. The minimum absolute atomic E-state index is 0.252. The van der Waals surface area contributed by atoms with E-state index in [4.69, 9.17) is 4.74 Å². The molecular formula is C18H17FN4O2S. The standard InChI is InChI=1S/C18H17FN4O2S/c1-3-23-17(12-20-26(24)16-10-4-13(2)5-11-16)21-22-18(23)25-15-8-6-14(19)7-9-15/h4-12H,3H2,1-2H3/b20-12+. The van der Waals surface area contributed by atoms with Crippen LogP contribution in [0.4, 0.5) is 4.39 Å². The fraction of sp³-hybridized carbons (Fsp3) is 0.167. The minimum Gasteiger partial charge on any atom is -0.424 e. The molecule has 0 aliphatic rings. The summed E-state index contributed by atoms with van der Waals surface area (Å²) in [4.78, 5) is 0.609. The first-order chi connectivity index (χ1) is 12.6. The molecule has 0 amide bonds. The monoisotopic (exact) mass is 372 g/mol. The molecule has 0 saturated carbocycles. The van der Waals surface area contributed by atoms with Gasteiger partial charge < -0.3 is 4.74 Å². The molecule has 134 valence electrons. The lowest BCUT2D eigenvalue weighted by Crippen LogP contribution is -2.03. The Balaban J connectivity index is 1.78. The first-order valence-electron chi connectivity index (χ1n) is 7.96. The fourth-order valence-corrected chi connectivity index (χ4v) is 2.87. The zero-order chi connectivity index (χ0) is 18.5. The second-order valence-electron chi connectivity index (χ2n) is 5.44. The Bertz CT molecular complexity index is 937. The van der Waals surface area contributed by atoms with Crippen molar-refractivity contribution in [2.24, 2.45) is 4.40 Å². The average Bonchev–Trinajstić information content (AvgIpc) is 3.03. The predicted molar refractivity (Wildman–Crippen MR) is 97.4 cm³/mol. The maximum Gasteiger partial charge on any atom is 0.322 e. The molecular weight excluding hydrogens is 355 g/mol. The summed E-state index contributed by atoms with van der Waals surface area (Å²) in [5, 5.41) is 7.98. The molecule has 0 fully saturated rings. The minimum atomic E-state index is -1.53. The zero-order valence-corrected chi connectivity index (χ0v) is 15.1. The molecule has 2 aromatic carbocycles. The van der Waals surface area contributed by atoms with Crippen LogP contribution in [0, 0.1) is 12.7 Å². The third-order valence-electron chi connectivity index (χ3n) is 3.57. The lowest BCUT2D eigenvalue weighted by molar-refractivity contribution is 0.412. The van der Waals surface area contributed by atoms with Gasteiger partial charge in [0.25, 0.3) is 0 Å². The summed E-state index contributed by atoms with van der Waals surface area (Å²) < 4.78 is 36.6. The maximum atomic E-state index is 13.0. The van der Waals surface area contributed by atoms with Crippen LogP contribution >= 0.6 is 0 Å². The summed E-state index contributed by atoms with van der Waals surface area (Å²) >= 11 is 0. The van der Waals surface area contributed by atoms with Crippen LogP contribution in [0.2, 0.25) is 0 Å². The Hall–Kier alpha value is -2.87. The van der Waals surface area contributed by atoms with Gasteiger partial charge in [-0.25, -0.2) is 8.60 Å². The molecule has 1 unspecified atom stereocenters. The highest BCUT2D eigenvalue weighted by atomic mass is 32.2. The van der Waals surface area contributed by atoms with E-state index in [0.717, 1.165) is 5.56 Å². The summed E-state index contributed by atoms with van der Waals surface area (Å²) in [6.07, 6.45) is 1.41. The molecule has 0 bridgehead atoms. The highest BCUT2D eigenvalue weighted by Gasteiger charge is 2.12. The summed E-state index contributed by atoms with van der Waals surface area (Å²) in [5.74, 6) is 0.519. The molecule has 0 aliphatic heterocycles. The van der Waals surface area contributed by atoms with Crippen molar-refractivity contribution in [2.75, 3.05) is 0 Å². The highest BCUT2D eigenvalue weighted by Crippen LogP contribution is 2.20. The van der Waals surface area contributed by atoms with Crippen LogP contribution in [0.25, 0.3) is 0 Å². The van der Waals surface area contributed by atoms with Crippen molar-refractivity contribution in [2.45, 2.75) is 25.3 Å². The molecule has 1 atom stereocenters. The number of ether oxygens (including phenoxy) is 1. The molecule has 6 nitrogen and oxygen atoms in total. The van der Waals surface area contributed by atoms with Crippen molar-refractivity contribution >= 4 is 17.2 Å². The van der Waals surface area contributed by atoms with E-state index in [9.17, 15) is 8.60 Å². The molecule has 1 heterocycles. The van der Waals surface area contributed by atoms with E-state index >= 15 is 0 Å². The predicted octanol–water partition coefficient (Wildman–Crippen LogP) is 3.68. The van der Waals surface area contributed by atoms with Crippen LogP contribution in [-0.2, 0) is 17.5 Å². The second-order valence-corrected chi connectivity index (χ2v) is 6.62. The van der Waals surface area contributed by atoms with Gasteiger partial charge in [0, 0.05) is 6.54 Å². The van der Waals surface area contributed by atoms with Gasteiger partial charge in [0.05, 0.1) is 11.1 Å². The summed E-state index contributed by atoms with van der Waals surface area (Å²) in [5.41, 5.74) is 1.09. The Morgan fingerprint density at radius 3 is 2.50 bits per heavy atom. The van der Waals surface area contributed by atoms with Crippen LogP contribution < -0.4 is 4.74 Å². The van der Waals surface area contributed by atoms with Crippen molar-refractivity contribution in [1.82, 2.24) is 14.8 Å². The zero-order valence-electron chi connectivity index (χ0n) is 14.3. The van der Waals surface area contributed by atoms with Gasteiger partial charge in [-0.2, -0.15) is 4.40 Å². The van der Waals surface area contributed by atoms with Crippen molar-refractivity contribution in [3.63, 3.8) is 0 Å². The van der Waals surface area contributed by atoms with Crippen LogP contribution in [0.15, 0.2) is 57.8 Å². The van der Waals surface area contributed by atoms with Crippen molar-refractivity contribution in [1.29, 1.82) is 0 Å². The molecule has 26 heavy (non-hydrogen) atoms. The van der Waals surface area contributed by atoms with E-state index in [1.54, 1.807) is 16.7 Å². The molecule has 3 rings (SSSR count). The SMILES string of the molecule is CCn1c(/C=N/S(=O)c2ccc(C)cc2)nnc1Oc1ccc(F)cc1. The smallest absolute Gasteiger partial charge is 0.322 e. The van der Waals surface area contributed by atoms with Gasteiger partial charge in [0.15, 0.2) is 16.8 Å². The molecule has 0 spiro atoms. The molecule has 3 aromatic rings. The number of aryl methyl sites for hydroxylation is 1. The number of aromatic nitrogens is 3. The van der Waals surface area contributed by atoms with Gasteiger partial charge in [-0.3, -0.25) is 4.57 Å². The maximum absolute atomic E-state index is 13.0. The largest absolute Gasteiger partial charge is 0.424 e. The number of halogens is 1. The molecule has 0 radical (unpaired) electrons. The van der Waals surface area contributed by atoms with Crippen LogP contribution in [0.1, 0.15) is 18.3 Å². The van der Waals surface area contributed by atoms with Crippen LogP contribution in [0.3, 0.4) is 0 Å². The van der Waals surface area contributed by atoms with Gasteiger partial charge in [-0.05, 0) is 50.2 Å². The van der Waals surface area contributed by atoms with Gasteiger partial charge in [0.2, 0.25) is 0 Å². The third-order valence-corrected chi connectivity index (χ3v) is 4.54. The summed E-state index contributed by atoms with van der Waals surface area (Å²) in [6.45, 7) is 4.39. The average molecular weight is 372 g/mol. The van der Waals surface area contributed by atoms with Crippen molar-refractivity contribution in [3.8, 4) is 11.8 Å². The number of nitrogens with zero attached hydrogens (tertiary/aromatic N) is 4. The van der Waals surface area contributed by atoms with E-state index in [2.05, 4.69) is 14.6 Å². The lowest BCUT2D eigenvalue weighted by atomic mass is 10.2. The second kappa shape index (κ2) is 8.01. The number of benzene rings is 2. The van der Waals surface area contributed by atoms with E-state index in [1.807, 2.05) is 26.0 Å². The van der Waals surface area contributed by atoms with E-state index in [-0.39, 0.29) is 11.8 Å². The first-order valence-corrected chi connectivity index (χ1v) is 9.06. The van der Waals surface area contributed by atoms with Crippen LogP contribution in [-0.4, -0.2) is 25.2 Å². The Labute approximate surface area is 153 Å². The van der Waals surface area contributed by atoms with Crippen LogP contribution in [0.5, 0.6) is 11.8 Å². The number of hydrogen-bond donors (Lipinski definition) is 0. The third kappa shape index (κ3) is 4.20. The van der Waals surface area contributed by atoms with Crippen molar-refractivity contribution < 1.29 is 13.3 Å². The Morgan fingerprint density at radius 2 is 1.85 bits per heavy atom. The molecule has 0 aliphatic carbocycles. The first kappa shape index (κ1) is 17.9. The number of hydrogen-bond acceptors (Lipinski definition) is 4. The Kier molecular flexibility index (Phi) is 5.52. The topological polar surface area (TPSA) is 69.4 Å². The highest BCUT2D eigenvalue weighted by molar-refractivity contribution is 7.83. The molecule has 8 heteroatoms. The summed E-state index contributed by atoms with van der Waals surface area (Å²) in [6, 6.07) is 13.2. The van der Waals surface area contributed by atoms with E-state index < -0.39 is 11.0 Å². The summed E-state index contributed by atoms with van der Waals surface area (Å²) in [7, 11) is -1.53. The molecule has 0 N–H and O–H groups in total.